The van der Waals surface area contributed by atoms with Gasteiger partial charge >= 0.3 is 0 Å². The number of hydrogen-bond donors (Lipinski definition) is 2. The molecule has 0 fully saturated rings. The van der Waals surface area contributed by atoms with E-state index >= 15 is 0 Å². The van der Waals surface area contributed by atoms with Crippen LogP contribution in [-0.2, 0) is 6.54 Å². The van der Waals surface area contributed by atoms with Gasteiger partial charge in [0.1, 0.15) is 5.82 Å². The summed E-state index contributed by atoms with van der Waals surface area (Å²) in [6, 6.07) is 7.78. The second-order valence-electron chi connectivity index (χ2n) is 5.77. The summed E-state index contributed by atoms with van der Waals surface area (Å²) in [6.07, 6.45) is 1.78. The van der Waals surface area contributed by atoms with Gasteiger partial charge in [0.25, 0.3) is 0 Å². The number of hydrogen-bond acceptors (Lipinski definition) is 5. The second kappa shape index (κ2) is 5.86. The lowest BCUT2D eigenvalue weighted by molar-refractivity contribution is 0.630. The standard InChI is InChI=1S/C15H21N5/c1-11-9-13(20-15(2,3)4)19-14(18-11)17-10-12-7-5-6-8-16-12/h5-9H,10H2,1-4H3,(H2,17,18,19,20). The van der Waals surface area contributed by atoms with E-state index in [1.165, 1.54) is 0 Å². The van der Waals surface area contributed by atoms with Gasteiger partial charge in [-0.15, -0.1) is 0 Å². The Balaban J connectivity index is 2.08. The monoisotopic (exact) mass is 271 g/mol. The van der Waals surface area contributed by atoms with Crippen molar-refractivity contribution in [3.8, 4) is 0 Å². The molecule has 0 aliphatic rings. The number of nitrogens with one attached hydrogen (secondary N) is 2. The first-order valence-corrected chi connectivity index (χ1v) is 6.70. The van der Waals surface area contributed by atoms with Crippen molar-refractivity contribution < 1.29 is 0 Å². The van der Waals surface area contributed by atoms with Crippen LogP contribution in [0.1, 0.15) is 32.2 Å². The number of nitrogens with zero attached hydrogens (tertiary/aromatic N) is 3. The maximum Gasteiger partial charge on any atom is 0.225 e. The molecule has 2 heterocycles. The van der Waals surface area contributed by atoms with E-state index in [1.54, 1.807) is 6.20 Å². The average Bonchev–Trinajstić information content (AvgIpc) is 2.35. The zero-order chi connectivity index (χ0) is 14.6. The third-order valence-electron chi connectivity index (χ3n) is 2.51. The summed E-state index contributed by atoms with van der Waals surface area (Å²) < 4.78 is 0. The van der Waals surface area contributed by atoms with Crippen LogP contribution in [0.4, 0.5) is 11.8 Å². The van der Waals surface area contributed by atoms with E-state index in [1.807, 2.05) is 31.2 Å². The molecule has 0 aliphatic heterocycles. The molecule has 0 atom stereocenters. The molecule has 5 nitrogen and oxygen atoms in total. The molecule has 0 aliphatic carbocycles. The van der Waals surface area contributed by atoms with Crippen LogP contribution in [0.2, 0.25) is 0 Å². The fourth-order valence-corrected chi connectivity index (χ4v) is 1.77. The van der Waals surface area contributed by atoms with E-state index in [-0.39, 0.29) is 5.54 Å². The summed E-state index contributed by atoms with van der Waals surface area (Å²) in [5, 5.41) is 6.56. The van der Waals surface area contributed by atoms with Gasteiger partial charge in [-0.1, -0.05) is 6.07 Å². The minimum atomic E-state index is -0.0287. The molecule has 0 spiro atoms. The first kappa shape index (κ1) is 14.2. The molecule has 0 saturated carbocycles. The van der Waals surface area contributed by atoms with Crippen molar-refractivity contribution in [2.75, 3.05) is 10.6 Å². The fraction of sp³-hybridized carbons (Fsp3) is 0.400. The van der Waals surface area contributed by atoms with Gasteiger partial charge in [0.05, 0.1) is 12.2 Å². The van der Waals surface area contributed by atoms with Crippen LogP contribution in [-0.4, -0.2) is 20.5 Å². The lowest BCUT2D eigenvalue weighted by Crippen LogP contribution is -2.27. The third-order valence-corrected chi connectivity index (χ3v) is 2.51. The minimum absolute atomic E-state index is 0.0287. The summed E-state index contributed by atoms with van der Waals surface area (Å²) in [5.74, 6) is 1.44. The van der Waals surface area contributed by atoms with Crippen molar-refractivity contribution in [2.45, 2.75) is 39.8 Å². The van der Waals surface area contributed by atoms with E-state index in [0.717, 1.165) is 17.2 Å². The van der Waals surface area contributed by atoms with E-state index in [2.05, 4.69) is 46.4 Å². The van der Waals surface area contributed by atoms with Gasteiger partial charge in [0.2, 0.25) is 5.95 Å². The van der Waals surface area contributed by atoms with Crippen LogP contribution in [0, 0.1) is 6.92 Å². The molecule has 106 valence electrons. The summed E-state index contributed by atoms with van der Waals surface area (Å²) >= 11 is 0. The van der Waals surface area contributed by atoms with Gasteiger partial charge in [-0.2, -0.15) is 4.98 Å². The molecule has 5 heteroatoms. The molecule has 2 rings (SSSR count). The van der Waals surface area contributed by atoms with Crippen LogP contribution in [0.25, 0.3) is 0 Å². The largest absolute Gasteiger partial charge is 0.365 e. The fourth-order valence-electron chi connectivity index (χ4n) is 1.77. The highest BCUT2D eigenvalue weighted by Crippen LogP contribution is 2.15. The average molecular weight is 271 g/mol. The van der Waals surface area contributed by atoms with Crippen LogP contribution in [0.3, 0.4) is 0 Å². The Bertz CT molecular complexity index is 560. The first-order valence-electron chi connectivity index (χ1n) is 6.70. The summed E-state index contributed by atoms with van der Waals surface area (Å²) in [4.78, 5) is 13.1. The zero-order valence-electron chi connectivity index (χ0n) is 12.4. The van der Waals surface area contributed by atoms with Gasteiger partial charge in [-0.3, -0.25) is 4.98 Å². The van der Waals surface area contributed by atoms with E-state index in [9.17, 15) is 0 Å². The molecule has 2 aromatic rings. The highest BCUT2D eigenvalue weighted by molar-refractivity contribution is 5.43. The van der Waals surface area contributed by atoms with Crippen LogP contribution in [0.5, 0.6) is 0 Å². The highest BCUT2D eigenvalue weighted by Gasteiger charge is 2.11. The Morgan fingerprint density at radius 1 is 1.15 bits per heavy atom. The van der Waals surface area contributed by atoms with Gasteiger partial charge in [0, 0.05) is 23.5 Å². The molecular formula is C15H21N5. The number of aryl methyl sites for hydroxylation is 1. The lowest BCUT2D eigenvalue weighted by atomic mass is 10.1. The molecule has 2 aromatic heterocycles. The van der Waals surface area contributed by atoms with Crippen molar-refractivity contribution >= 4 is 11.8 Å². The van der Waals surface area contributed by atoms with E-state index in [4.69, 9.17) is 0 Å². The SMILES string of the molecule is Cc1cc(NC(C)(C)C)nc(NCc2ccccn2)n1. The predicted molar refractivity (Wildman–Crippen MR) is 81.7 cm³/mol. The Labute approximate surface area is 119 Å². The lowest BCUT2D eigenvalue weighted by Gasteiger charge is -2.21. The van der Waals surface area contributed by atoms with Gasteiger partial charge in [0.15, 0.2) is 0 Å². The van der Waals surface area contributed by atoms with E-state index < -0.39 is 0 Å². The second-order valence-corrected chi connectivity index (χ2v) is 5.77. The van der Waals surface area contributed by atoms with Crippen molar-refractivity contribution in [1.29, 1.82) is 0 Å². The zero-order valence-corrected chi connectivity index (χ0v) is 12.4. The maximum absolute atomic E-state index is 4.47. The first-order chi connectivity index (χ1) is 9.42. The van der Waals surface area contributed by atoms with Crippen molar-refractivity contribution in [2.24, 2.45) is 0 Å². The van der Waals surface area contributed by atoms with Gasteiger partial charge < -0.3 is 10.6 Å². The molecule has 20 heavy (non-hydrogen) atoms. The number of aromatic nitrogens is 3. The van der Waals surface area contributed by atoms with Crippen LogP contribution >= 0.6 is 0 Å². The molecular weight excluding hydrogens is 250 g/mol. The Morgan fingerprint density at radius 3 is 2.60 bits per heavy atom. The van der Waals surface area contributed by atoms with Gasteiger partial charge in [-0.05, 0) is 39.8 Å². The predicted octanol–water partition coefficient (Wildman–Crippen LogP) is 3.00. The molecule has 0 radical (unpaired) electrons. The summed E-state index contributed by atoms with van der Waals surface area (Å²) in [5.41, 5.74) is 1.86. The van der Waals surface area contributed by atoms with Crippen molar-refractivity contribution in [1.82, 2.24) is 15.0 Å². The topological polar surface area (TPSA) is 62.7 Å². The number of anilines is 2. The summed E-state index contributed by atoms with van der Waals surface area (Å²) in [7, 11) is 0. The smallest absolute Gasteiger partial charge is 0.225 e. The molecule has 0 saturated heterocycles. The number of rotatable bonds is 4. The highest BCUT2D eigenvalue weighted by atomic mass is 15.2. The minimum Gasteiger partial charge on any atom is -0.365 e. The molecule has 0 bridgehead atoms. The normalized spacial score (nSPS) is 11.2. The summed E-state index contributed by atoms with van der Waals surface area (Å²) in [6.45, 7) is 8.88. The Hall–Kier alpha value is -2.17. The van der Waals surface area contributed by atoms with E-state index in [0.29, 0.717) is 12.5 Å². The van der Waals surface area contributed by atoms with Gasteiger partial charge in [-0.25, -0.2) is 4.98 Å². The quantitative estimate of drug-likeness (QED) is 0.895. The molecule has 0 amide bonds. The maximum atomic E-state index is 4.47. The van der Waals surface area contributed by atoms with Crippen LogP contribution < -0.4 is 10.6 Å². The molecule has 0 aromatic carbocycles. The molecule has 0 unspecified atom stereocenters. The van der Waals surface area contributed by atoms with Crippen molar-refractivity contribution in [3.63, 3.8) is 0 Å². The Morgan fingerprint density at radius 2 is 1.95 bits per heavy atom. The Kier molecular flexibility index (Phi) is 4.17. The molecule has 2 N–H and O–H groups in total. The van der Waals surface area contributed by atoms with Crippen molar-refractivity contribution in [3.05, 3.63) is 41.9 Å². The number of pyridine rings is 1. The van der Waals surface area contributed by atoms with Crippen LogP contribution in [0.15, 0.2) is 30.5 Å². The third kappa shape index (κ3) is 4.50.